The Hall–Kier alpha value is -1.32. The molecule has 1 rings (SSSR count). The highest BCUT2D eigenvalue weighted by molar-refractivity contribution is 5.69. The van der Waals surface area contributed by atoms with Gasteiger partial charge in [0.1, 0.15) is 5.76 Å². The van der Waals surface area contributed by atoms with Crippen LogP contribution in [-0.2, 0) is 11.2 Å². The molecule has 60 valence electrons. The molecule has 4 heteroatoms. The van der Waals surface area contributed by atoms with Gasteiger partial charge in [-0.05, 0) is 0 Å². The second-order valence-corrected chi connectivity index (χ2v) is 2.41. The van der Waals surface area contributed by atoms with Gasteiger partial charge in [-0.2, -0.15) is 0 Å². The summed E-state index contributed by atoms with van der Waals surface area (Å²) in [4.78, 5) is 14.0. The van der Waals surface area contributed by atoms with Crippen molar-refractivity contribution in [1.29, 1.82) is 0 Å². The summed E-state index contributed by atoms with van der Waals surface area (Å²) in [5, 5.41) is 8.52. The Bertz CT molecular complexity index is 230. The smallest absolute Gasteiger partial charge is 0.306 e. The van der Waals surface area contributed by atoms with E-state index in [4.69, 9.17) is 9.52 Å². The molecule has 1 aromatic heterocycles. The second-order valence-electron chi connectivity index (χ2n) is 2.41. The fraction of sp³-hybridized carbons (Fsp3) is 0.429. The predicted molar refractivity (Wildman–Crippen MR) is 37.0 cm³/mol. The van der Waals surface area contributed by atoms with E-state index in [1.165, 1.54) is 12.6 Å². The van der Waals surface area contributed by atoms with Crippen LogP contribution in [0.4, 0.5) is 0 Å². The van der Waals surface area contributed by atoms with Gasteiger partial charge in [0.05, 0.1) is 12.1 Å². The summed E-state index contributed by atoms with van der Waals surface area (Å²) in [5.74, 6) is -0.621. The molecule has 0 spiro atoms. The zero-order valence-electron chi connectivity index (χ0n) is 6.15. The zero-order valence-corrected chi connectivity index (χ0v) is 6.15. The molecule has 0 fully saturated rings. The van der Waals surface area contributed by atoms with Crippen LogP contribution < -0.4 is 0 Å². The Kier molecular flexibility index (Phi) is 2.25. The van der Waals surface area contributed by atoms with Crippen LogP contribution >= 0.6 is 0 Å². The minimum Gasteiger partial charge on any atom is -0.481 e. The minimum atomic E-state index is -0.818. The van der Waals surface area contributed by atoms with Crippen LogP contribution in [0.5, 0.6) is 0 Å². The van der Waals surface area contributed by atoms with Crippen LogP contribution in [0.3, 0.4) is 0 Å². The quantitative estimate of drug-likeness (QED) is 0.705. The van der Waals surface area contributed by atoms with E-state index in [9.17, 15) is 4.79 Å². The largest absolute Gasteiger partial charge is 0.481 e. The lowest BCUT2D eigenvalue weighted by Gasteiger charge is -2.00. The minimum absolute atomic E-state index is 0.398. The Balaban J connectivity index is 2.50. The maximum atomic E-state index is 10.4. The molecule has 1 heterocycles. The predicted octanol–water partition coefficient (Wildman–Crippen LogP) is 0.938. The number of hydrogen-bond donors (Lipinski definition) is 1. The fourth-order valence-corrected chi connectivity index (χ4v) is 0.732. The van der Waals surface area contributed by atoms with E-state index in [2.05, 4.69) is 4.98 Å². The van der Waals surface area contributed by atoms with Crippen molar-refractivity contribution in [2.24, 2.45) is 5.92 Å². The molecule has 0 saturated carbocycles. The lowest BCUT2D eigenvalue weighted by atomic mass is 10.1. The summed E-state index contributed by atoms with van der Waals surface area (Å²) in [5.41, 5.74) is 0. The highest BCUT2D eigenvalue weighted by Gasteiger charge is 2.12. The highest BCUT2D eigenvalue weighted by Crippen LogP contribution is 2.06. The number of oxazole rings is 1. The number of nitrogens with zero attached hydrogens (tertiary/aromatic N) is 1. The van der Waals surface area contributed by atoms with E-state index < -0.39 is 11.9 Å². The summed E-state index contributed by atoms with van der Waals surface area (Å²) >= 11 is 0. The Morgan fingerprint density at radius 1 is 1.91 bits per heavy atom. The number of hydrogen-bond acceptors (Lipinski definition) is 3. The van der Waals surface area contributed by atoms with Gasteiger partial charge in [-0.1, -0.05) is 6.92 Å². The first-order valence-electron chi connectivity index (χ1n) is 3.30. The maximum Gasteiger partial charge on any atom is 0.306 e. The summed E-state index contributed by atoms with van der Waals surface area (Å²) in [7, 11) is 0. The van der Waals surface area contributed by atoms with E-state index in [-0.39, 0.29) is 0 Å². The van der Waals surface area contributed by atoms with E-state index in [0.29, 0.717) is 12.2 Å². The third kappa shape index (κ3) is 2.07. The number of carboxylic acid groups (broad SMARTS) is 1. The van der Waals surface area contributed by atoms with Gasteiger partial charge in [0, 0.05) is 6.42 Å². The average molecular weight is 155 g/mol. The summed E-state index contributed by atoms with van der Waals surface area (Å²) in [6, 6.07) is 0. The number of aliphatic carboxylic acids is 1. The number of carboxylic acids is 1. The number of carbonyl (C=O) groups is 1. The Labute approximate surface area is 63.9 Å². The van der Waals surface area contributed by atoms with Gasteiger partial charge >= 0.3 is 5.97 Å². The number of rotatable bonds is 3. The van der Waals surface area contributed by atoms with Crippen LogP contribution in [0, 0.1) is 5.92 Å². The lowest BCUT2D eigenvalue weighted by molar-refractivity contribution is -0.141. The molecule has 1 atom stereocenters. The molecule has 0 aliphatic heterocycles. The van der Waals surface area contributed by atoms with Crippen molar-refractivity contribution in [3.63, 3.8) is 0 Å². The van der Waals surface area contributed by atoms with Crippen LogP contribution in [0.15, 0.2) is 17.0 Å². The first-order valence-corrected chi connectivity index (χ1v) is 3.30. The van der Waals surface area contributed by atoms with Crippen molar-refractivity contribution in [1.82, 2.24) is 4.98 Å². The topological polar surface area (TPSA) is 63.3 Å². The second kappa shape index (κ2) is 3.18. The fourth-order valence-electron chi connectivity index (χ4n) is 0.732. The third-order valence-electron chi connectivity index (χ3n) is 1.41. The number of aromatic nitrogens is 1. The van der Waals surface area contributed by atoms with Crippen molar-refractivity contribution < 1.29 is 14.3 Å². The monoisotopic (exact) mass is 155 g/mol. The van der Waals surface area contributed by atoms with Gasteiger partial charge in [-0.3, -0.25) is 4.79 Å². The molecule has 1 unspecified atom stereocenters. The normalized spacial score (nSPS) is 12.8. The van der Waals surface area contributed by atoms with Crippen molar-refractivity contribution in [3.8, 4) is 0 Å². The van der Waals surface area contributed by atoms with E-state index in [0.717, 1.165) is 0 Å². The Morgan fingerprint density at radius 2 is 2.64 bits per heavy atom. The van der Waals surface area contributed by atoms with Crippen LogP contribution in [0.1, 0.15) is 12.7 Å². The molecule has 0 saturated heterocycles. The van der Waals surface area contributed by atoms with Crippen molar-refractivity contribution in [2.75, 3.05) is 0 Å². The van der Waals surface area contributed by atoms with Crippen LogP contribution in [0.2, 0.25) is 0 Å². The molecule has 0 aliphatic carbocycles. The molecule has 0 aromatic carbocycles. The van der Waals surface area contributed by atoms with Gasteiger partial charge in [-0.15, -0.1) is 0 Å². The molecule has 1 aromatic rings. The van der Waals surface area contributed by atoms with Crippen molar-refractivity contribution in [3.05, 3.63) is 18.4 Å². The van der Waals surface area contributed by atoms with E-state index >= 15 is 0 Å². The van der Waals surface area contributed by atoms with E-state index in [1.54, 1.807) is 6.92 Å². The van der Waals surface area contributed by atoms with Gasteiger partial charge < -0.3 is 9.52 Å². The molecule has 11 heavy (non-hydrogen) atoms. The van der Waals surface area contributed by atoms with Gasteiger partial charge in [0.25, 0.3) is 0 Å². The zero-order chi connectivity index (χ0) is 8.27. The molecule has 4 nitrogen and oxygen atoms in total. The molecule has 0 radical (unpaired) electrons. The van der Waals surface area contributed by atoms with Crippen LogP contribution in [0.25, 0.3) is 0 Å². The van der Waals surface area contributed by atoms with Gasteiger partial charge in [-0.25, -0.2) is 4.98 Å². The molecular formula is C7H9NO3. The maximum absolute atomic E-state index is 10.4. The van der Waals surface area contributed by atoms with E-state index in [1.807, 2.05) is 0 Å². The van der Waals surface area contributed by atoms with Crippen molar-refractivity contribution >= 4 is 5.97 Å². The standard InChI is InChI=1S/C7H9NO3/c1-5(7(9)10)2-6-3-8-4-11-6/h3-5H,2H2,1H3,(H,9,10). The highest BCUT2D eigenvalue weighted by atomic mass is 16.4. The van der Waals surface area contributed by atoms with Gasteiger partial charge in [0.15, 0.2) is 6.39 Å². The molecule has 1 N–H and O–H groups in total. The first-order chi connectivity index (χ1) is 5.20. The molecular weight excluding hydrogens is 146 g/mol. The first kappa shape index (κ1) is 7.78. The molecule has 0 bridgehead atoms. The molecule has 0 aliphatic rings. The Morgan fingerprint density at radius 3 is 3.09 bits per heavy atom. The van der Waals surface area contributed by atoms with Gasteiger partial charge in [0.2, 0.25) is 0 Å². The SMILES string of the molecule is CC(Cc1cnco1)C(=O)O. The summed E-state index contributed by atoms with van der Waals surface area (Å²) in [6.07, 6.45) is 3.22. The molecule has 0 amide bonds. The summed E-state index contributed by atoms with van der Waals surface area (Å²) < 4.78 is 4.88. The average Bonchev–Trinajstić information content (AvgIpc) is 2.39. The lowest BCUT2D eigenvalue weighted by Crippen LogP contribution is -2.11. The third-order valence-corrected chi connectivity index (χ3v) is 1.41. The van der Waals surface area contributed by atoms with Crippen molar-refractivity contribution in [2.45, 2.75) is 13.3 Å². The summed E-state index contributed by atoms with van der Waals surface area (Å²) in [6.45, 7) is 1.63. The van der Waals surface area contributed by atoms with Crippen LogP contribution in [-0.4, -0.2) is 16.1 Å².